The van der Waals surface area contributed by atoms with E-state index in [9.17, 15) is 4.91 Å². The topological polar surface area (TPSA) is 60.8 Å². The van der Waals surface area contributed by atoms with Gasteiger partial charge in [0.05, 0.1) is 12.7 Å². The maximum Gasteiger partial charge on any atom is 0.218 e. The molecule has 2 rings (SSSR count). The highest BCUT2D eigenvalue weighted by molar-refractivity contribution is 5.33. The molecule has 0 aliphatic heterocycles. The Morgan fingerprint density at radius 3 is 2.83 bits per heavy atom. The molecular weight excluding hydrogens is 232 g/mol. The minimum atomic E-state index is 0.0902. The SMILES string of the molecule is Cc1cc(CN=O)c(OCCOC2CC2)nc1C. The molecule has 1 aromatic rings. The van der Waals surface area contributed by atoms with Gasteiger partial charge in [-0.05, 0) is 38.3 Å². The highest BCUT2D eigenvalue weighted by Gasteiger charge is 2.21. The minimum Gasteiger partial charge on any atom is -0.475 e. The summed E-state index contributed by atoms with van der Waals surface area (Å²) in [7, 11) is 0. The fourth-order valence-electron chi connectivity index (χ4n) is 1.64. The van der Waals surface area contributed by atoms with Gasteiger partial charge >= 0.3 is 0 Å². The van der Waals surface area contributed by atoms with Gasteiger partial charge in [-0.3, -0.25) is 0 Å². The fourth-order valence-corrected chi connectivity index (χ4v) is 1.64. The van der Waals surface area contributed by atoms with E-state index in [1.165, 1.54) is 0 Å². The van der Waals surface area contributed by atoms with E-state index >= 15 is 0 Å². The van der Waals surface area contributed by atoms with Crippen LogP contribution in [0.15, 0.2) is 11.2 Å². The number of hydrogen-bond acceptors (Lipinski definition) is 5. The molecule has 5 nitrogen and oxygen atoms in total. The highest BCUT2D eigenvalue weighted by atomic mass is 16.5. The number of rotatable bonds is 7. The Balaban J connectivity index is 1.94. The van der Waals surface area contributed by atoms with Gasteiger partial charge in [-0.25, -0.2) is 4.98 Å². The monoisotopic (exact) mass is 250 g/mol. The third-order valence-electron chi connectivity index (χ3n) is 2.94. The van der Waals surface area contributed by atoms with Crippen LogP contribution in [-0.4, -0.2) is 24.3 Å². The van der Waals surface area contributed by atoms with Crippen molar-refractivity contribution >= 4 is 0 Å². The van der Waals surface area contributed by atoms with Crippen LogP contribution in [0.3, 0.4) is 0 Å². The second-order valence-corrected chi connectivity index (χ2v) is 4.56. The Morgan fingerprint density at radius 2 is 2.17 bits per heavy atom. The molecule has 0 atom stereocenters. The van der Waals surface area contributed by atoms with E-state index in [2.05, 4.69) is 10.2 Å². The maximum atomic E-state index is 10.4. The molecule has 0 spiro atoms. The quantitative estimate of drug-likeness (QED) is 0.551. The van der Waals surface area contributed by atoms with Crippen LogP contribution in [-0.2, 0) is 11.3 Å². The van der Waals surface area contributed by atoms with Crippen LogP contribution in [0, 0.1) is 18.8 Å². The molecule has 0 radical (unpaired) electrons. The van der Waals surface area contributed by atoms with Gasteiger partial charge in [0.1, 0.15) is 13.2 Å². The molecule has 1 aliphatic carbocycles. The summed E-state index contributed by atoms with van der Waals surface area (Å²) in [4.78, 5) is 14.7. The number of ether oxygens (including phenoxy) is 2. The molecule has 0 saturated heterocycles. The number of hydrogen-bond donors (Lipinski definition) is 0. The van der Waals surface area contributed by atoms with E-state index in [0.717, 1.165) is 29.7 Å². The molecule has 5 heteroatoms. The van der Waals surface area contributed by atoms with E-state index in [-0.39, 0.29) is 6.54 Å². The van der Waals surface area contributed by atoms with Crippen LogP contribution in [0.25, 0.3) is 0 Å². The molecule has 1 heterocycles. The summed E-state index contributed by atoms with van der Waals surface area (Å²) in [5, 5.41) is 2.90. The van der Waals surface area contributed by atoms with Crippen molar-refractivity contribution < 1.29 is 9.47 Å². The summed E-state index contributed by atoms with van der Waals surface area (Å²) >= 11 is 0. The second kappa shape index (κ2) is 5.91. The van der Waals surface area contributed by atoms with Crippen molar-refractivity contribution in [1.82, 2.24) is 4.98 Å². The van der Waals surface area contributed by atoms with Gasteiger partial charge in [-0.1, -0.05) is 5.18 Å². The summed E-state index contributed by atoms with van der Waals surface area (Å²) in [6.45, 7) is 4.98. The molecule has 0 amide bonds. The standard InChI is InChI=1S/C13H18N2O3/c1-9-7-11(8-14-16)13(15-10(9)2)18-6-5-17-12-3-4-12/h7,12H,3-6,8H2,1-2H3. The molecule has 18 heavy (non-hydrogen) atoms. The van der Waals surface area contributed by atoms with Gasteiger partial charge < -0.3 is 9.47 Å². The average Bonchev–Trinajstić information content (AvgIpc) is 3.15. The van der Waals surface area contributed by atoms with Crippen molar-refractivity contribution in [3.05, 3.63) is 27.8 Å². The van der Waals surface area contributed by atoms with Crippen molar-refractivity contribution in [2.75, 3.05) is 13.2 Å². The van der Waals surface area contributed by atoms with E-state index in [1.807, 2.05) is 19.9 Å². The number of pyridine rings is 1. The van der Waals surface area contributed by atoms with Gasteiger partial charge in [0.25, 0.3) is 0 Å². The van der Waals surface area contributed by atoms with E-state index in [1.54, 1.807) is 0 Å². The Labute approximate surface area is 106 Å². The predicted octanol–water partition coefficient (Wildman–Crippen LogP) is 2.52. The van der Waals surface area contributed by atoms with Crippen LogP contribution < -0.4 is 4.74 Å². The first kappa shape index (κ1) is 13.0. The predicted molar refractivity (Wildman–Crippen MR) is 67.7 cm³/mol. The van der Waals surface area contributed by atoms with Crippen LogP contribution in [0.5, 0.6) is 5.88 Å². The second-order valence-electron chi connectivity index (χ2n) is 4.56. The molecule has 0 bridgehead atoms. The first-order valence-electron chi connectivity index (χ1n) is 6.21. The average molecular weight is 250 g/mol. The zero-order valence-electron chi connectivity index (χ0n) is 10.8. The third-order valence-corrected chi connectivity index (χ3v) is 2.94. The number of nitroso groups, excluding NO2 is 1. The molecule has 1 saturated carbocycles. The van der Waals surface area contributed by atoms with Crippen molar-refractivity contribution in [2.45, 2.75) is 39.3 Å². The fraction of sp³-hybridized carbons (Fsp3) is 0.615. The normalized spacial score (nSPS) is 14.6. The minimum absolute atomic E-state index is 0.0902. The van der Waals surface area contributed by atoms with Crippen LogP contribution in [0.1, 0.15) is 29.7 Å². The Bertz CT molecular complexity index is 430. The van der Waals surface area contributed by atoms with Crippen molar-refractivity contribution in [1.29, 1.82) is 0 Å². The lowest BCUT2D eigenvalue weighted by molar-refractivity contribution is 0.0863. The molecule has 1 fully saturated rings. The highest BCUT2D eigenvalue weighted by Crippen LogP contribution is 2.23. The van der Waals surface area contributed by atoms with Crippen molar-refractivity contribution in [2.24, 2.45) is 5.18 Å². The lowest BCUT2D eigenvalue weighted by Crippen LogP contribution is -2.10. The first-order chi connectivity index (χ1) is 8.70. The van der Waals surface area contributed by atoms with Gasteiger partial charge in [-0.2, -0.15) is 4.91 Å². The lowest BCUT2D eigenvalue weighted by atomic mass is 10.1. The Morgan fingerprint density at radius 1 is 1.39 bits per heavy atom. The van der Waals surface area contributed by atoms with Crippen LogP contribution >= 0.6 is 0 Å². The van der Waals surface area contributed by atoms with E-state index < -0.39 is 0 Å². The molecule has 0 N–H and O–H groups in total. The number of nitrogens with zero attached hydrogens (tertiary/aromatic N) is 2. The maximum absolute atomic E-state index is 10.4. The zero-order chi connectivity index (χ0) is 13.0. The van der Waals surface area contributed by atoms with Crippen LogP contribution in [0.4, 0.5) is 0 Å². The van der Waals surface area contributed by atoms with Crippen molar-refractivity contribution in [3.8, 4) is 5.88 Å². The number of aryl methyl sites for hydroxylation is 2. The summed E-state index contributed by atoms with van der Waals surface area (Å²) in [6, 6.07) is 1.90. The molecule has 1 aromatic heterocycles. The molecular formula is C13H18N2O3. The number of aromatic nitrogens is 1. The summed E-state index contributed by atoms with van der Waals surface area (Å²) < 4.78 is 11.1. The smallest absolute Gasteiger partial charge is 0.218 e. The molecule has 1 aliphatic rings. The van der Waals surface area contributed by atoms with Gasteiger partial charge in [0.2, 0.25) is 5.88 Å². The summed E-state index contributed by atoms with van der Waals surface area (Å²) in [6.07, 6.45) is 2.74. The van der Waals surface area contributed by atoms with E-state index in [0.29, 0.717) is 25.2 Å². The van der Waals surface area contributed by atoms with Crippen LogP contribution in [0.2, 0.25) is 0 Å². The summed E-state index contributed by atoms with van der Waals surface area (Å²) in [5.41, 5.74) is 2.68. The first-order valence-corrected chi connectivity index (χ1v) is 6.21. The molecule has 0 unspecified atom stereocenters. The lowest BCUT2D eigenvalue weighted by Gasteiger charge is -2.11. The van der Waals surface area contributed by atoms with Crippen molar-refractivity contribution in [3.63, 3.8) is 0 Å². The zero-order valence-corrected chi connectivity index (χ0v) is 10.8. The van der Waals surface area contributed by atoms with E-state index in [4.69, 9.17) is 9.47 Å². The third kappa shape index (κ3) is 3.50. The Hall–Kier alpha value is -1.49. The largest absolute Gasteiger partial charge is 0.475 e. The van der Waals surface area contributed by atoms with Gasteiger partial charge in [-0.15, -0.1) is 0 Å². The molecule has 0 aromatic carbocycles. The summed E-state index contributed by atoms with van der Waals surface area (Å²) in [5.74, 6) is 0.497. The Kier molecular flexibility index (Phi) is 4.25. The van der Waals surface area contributed by atoms with Gasteiger partial charge in [0.15, 0.2) is 0 Å². The molecule has 98 valence electrons. The van der Waals surface area contributed by atoms with Gasteiger partial charge in [0, 0.05) is 11.3 Å².